The average molecular weight is 181 g/mol. The summed E-state index contributed by atoms with van der Waals surface area (Å²) in [6.45, 7) is 2.49. The quantitative estimate of drug-likeness (QED) is 0.642. The second-order valence-corrected chi connectivity index (χ2v) is 3.61. The number of amides is 1. The molecule has 2 rings (SSSR count). The third-order valence-corrected chi connectivity index (χ3v) is 2.42. The number of anilines is 1. The van der Waals surface area contributed by atoms with Crippen LogP contribution in [-0.4, -0.2) is 22.6 Å². The molecular formula is C7H7N3OS. The van der Waals surface area contributed by atoms with Crippen LogP contribution < -0.4 is 4.90 Å². The number of aromatic nitrogens is 2. The highest BCUT2D eigenvalue weighted by Gasteiger charge is 2.19. The molecule has 0 spiro atoms. The predicted molar refractivity (Wildman–Crippen MR) is 46.1 cm³/mol. The van der Waals surface area contributed by atoms with E-state index < -0.39 is 0 Å². The molecule has 0 saturated carbocycles. The fraction of sp³-hybridized carbons (Fsp3) is 0.286. The van der Waals surface area contributed by atoms with Crippen LogP contribution in [0.15, 0.2) is 12.2 Å². The summed E-state index contributed by atoms with van der Waals surface area (Å²) in [5.74, 6) is -0.00819. The van der Waals surface area contributed by atoms with E-state index in [1.807, 2.05) is 13.0 Å². The highest BCUT2D eigenvalue weighted by molar-refractivity contribution is 7.15. The number of carbonyl (C=O) groups is 1. The molecule has 0 saturated heterocycles. The van der Waals surface area contributed by atoms with Crippen LogP contribution in [0.5, 0.6) is 0 Å². The summed E-state index contributed by atoms with van der Waals surface area (Å²) < 4.78 is 0. The maximum absolute atomic E-state index is 11.2. The van der Waals surface area contributed by atoms with E-state index in [4.69, 9.17) is 0 Å². The first-order chi connectivity index (χ1) is 5.77. The maximum atomic E-state index is 11.2. The summed E-state index contributed by atoms with van der Waals surface area (Å²) in [5, 5.41) is 9.29. The molecule has 0 atom stereocenters. The molecule has 5 heteroatoms. The standard InChI is InChI=1S/C7H7N3OS/c1-5-8-9-7(12-5)10-4-2-3-6(10)11/h2-3H,4H2,1H3. The molecule has 0 unspecified atom stereocenters. The van der Waals surface area contributed by atoms with Crippen LogP contribution in [0, 0.1) is 6.92 Å². The van der Waals surface area contributed by atoms with Crippen LogP contribution in [0.4, 0.5) is 5.13 Å². The lowest BCUT2D eigenvalue weighted by Gasteiger charge is -2.08. The van der Waals surface area contributed by atoms with Crippen molar-refractivity contribution in [2.24, 2.45) is 0 Å². The van der Waals surface area contributed by atoms with Crippen LogP contribution >= 0.6 is 11.3 Å². The summed E-state index contributed by atoms with van der Waals surface area (Å²) in [4.78, 5) is 12.8. The smallest absolute Gasteiger partial charge is 0.252 e. The second kappa shape index (κ2) is 2.67. The van der Waals surface area contributed by atoms with E-state index in [-0.39, 0.29) is 5.91 Å². The van der Waals surface area contributed by atoms with Gasteiger partial charge in [0.25, 0.3) is 5.91 Å². The maximum Gasteiger partial charge on any atom is 0.252 e. The van der Waals surface area contributed by atoms with Gasteiger partial charge in [0.2, 0.25) is 5.13 Å². The van der Waals surface area contributed by atoms with Gasteiger partial charge < -0.3 is 0 Å². The Morgan fingerprint density at radius 3 is 2.92 bits per heavy atom. The average Bonchev–Trinajstić information content (AvgIpc) is 2.58. The molecule has 0 fully saturated rings. The topological polar surface area (TPSA) is 46.1 Å². The number of nitrogens with zero attached hydrogens (tertiary/aromatic N) is 3. The minimum Gasteiger partial charge on any atom is -0.279 e. The molecule has 0 N–H and O–H groups in total. The number of hydrogen-bond donors (Lipinski definition) is 0. The largest absolute Gasteiger partial charge is 0.279 e. The lowest BCUT2D eigenvalue weighted by molar-refractivity contribution is -0.113. The monoisotopic (exact) mass is 181 g/mol. The Balaban J connectivity index is 2.26. The Labute approximate surface area is 73.5 Å². The Morgan fingerprint density at radius 2 is 2.42 bits per heavy atom. The molecule has 0 radical (unpaired) electrons. The van der Waals surface area contributed by atoms with Gasteiger partial charge in [-0.15, -0.1) is 10.2 Å². The first kappa shape index (κ1) is 7.42. The van der Waals surface area contributed by atoms with Crippen LogP contribution in [0.3, 0.4) is 0 Å². The van der Waals surface area contributed by atoms with Crippen LogP contribution in [0.25, 0.3) is 0 Å². The fourth-order valence-corrected chi connectivity index (χ4v) is 1.71. The first-order valence-corrected chi connectivity index (χ1v) is 4.37. The van der Waals surface area contributed by atoms with Crippen LogP contribution in [-0.2, 0) is 4.79 Å². The molecule has 1 aliphatic heterocycles. The molecule has 1 aromatic heterocycles. The molecule has 0 aromatic carbocycles. The minimum atomic E-state index is -0.00819. The Morgan fingerprint density at radius 1 is 1.58 bits per heavy atom. The van der Waals surface area contributed by atoms with Gasteiger partial charge in [-0.2, -0.15) is 0 Å². The van der Waals surface area contributed by atoms with Gasteiger partial charge in [0.05, 0.1) is 0 Å². The van der Waals surface area contributed by atoms with Crippen LogP contribution in [0.2, 0.25) is 0 Å². The molecule has 0 aliphatic carbocycles. The van der Waals surface area contributed by atoms with Gasteiger partial charge in [-0.05, 0) is 6.92 Å². The van der Waals surface area contributed by atoms with Gasteiger partial charge in [0.1, 0.15) is 5.01 Å². The zero-order valence-electron chi connectivity index (χ0n) is 6.52. The molecule has 62 valence electrons. The number of rotatable bonds is 1. The van der Waals surface area contributed by atoms with Crippen molar-refractivity contribution in [3.63, 3.8) is 0 Å². The number of hydrogen-bond acceptors (Lipinski definition) is 4. The van der Waals surface area contributed by atoms with Crippen molar-refractivity contribution in [2.45, 2.75) is 6.92 Å². The van der Waals surface area contributed by atoms with Crippen molar-refractivity contribution in [3.05, 3.63) is 17.2 Å². The van der Waals surface area contributed by atoms with Crippen molar-refractivity contribution in [3.8, 4) is 0 Å². The van der Waals surface area contributed by atoms with Gasteiger partial charge in [-0.1, -0.05) is 17.4 Å². The molecule has 2 heterocycles. The molecule has 1 aromatic rings. The Kier molecular flexibility index (Phi) is 1.65. The molecule has 1 aliphatic rings. The second-order valence-electron chi connectivity index (χ2n) is 2.45. The summed E-state index contributed by atoms with van der Waals surface area (Å²) in [6.07, 6.45) is 3.37. The molecule has 12 heavy (non-hydrogen) atoms. The van der Waals surface area contributed by atoms with E-state index >= 15 is 0 Å². The van der Waals surface area contributed by atoms with E-state index in [1.54, 1.807) is 11.0 Å². The van der Waals surface area contributed by atoms with E-state index in [9.17, 15) is 4.79 Å². The van der Waals surface area contributed by atoms with Crippen molar-refractivity contribution in [2.75, 3.05) is 11.4 Å². The summed E-state index contributed by atoms with van der Waals surface area (Å²) >= 11 is 1.43. The zero-order valence-corrected chi connectivity index (χ0v) is 7.34. The minimum absolute atomic E-state index is 0.00819. The van der Waals surface area contributed by atoms with Crippen molar-refractivity contribution >= 4 is 22.4 Å². The lowest BCUT2D eigenvalue weighted by atomic mass is 10.6. The Bertz CT molecular complexity index is 344. The molecular weight excluding hydrogens is 174 g/mol. The third-order valence-electron chi connectivity index (χ3n) is 1.56. The van der Waals surface area contributed by atoms with Gasteiger partial charge in [-0.25, -0.2) is 0 Å². The highest BCUT2D eigenvalue weighted by Crippen LogP contribution is 2.21. The SMILES string of the molecule is Cc1nnc(N2CC=CC2=O)s1. The number of aryl methyl sites for hydroxylation is 1. The van der Waals surface area contributed by atoms with Gasteiger partial charge in [0, 0.05) is 12.6 Å². The zero-order chi connectivity index (χ0) is 8.55. The Hall–Kier alpha value is -1.23. The third kappa shape index (κ3) is 1.12. The molecule has 1 amide bonds. The fourth-order valence-electron chi connectivity index (χ4n) is 1.01. The predicted octanol–water partition coefficient (Wildman–Crippen LogP) is 0.749. The van der Waals surface area contributed by atoms with Gasteiger partial charge in [0.15, 0.2) is 0 Å². The number of carbonyl (C=O) groups excluding carboxylic acids is 1. The summed E-state index contributed by atoms with van der Waals surface area (Å²) in [7, 11) is 0. The highest BCUT2D eigenvalue weighted by atomic mass is 32.1. The lowest BCUT2D eigenvalue weighted by Crippen LogP contribution is -2.24. The summed E-state index contributed by atoms with van der Waals surface area (Å²) in [6, 6.07) is 0. The van der Waals surface area contributed by atoms with Crippen molar-refractivity contribution in [1.82, 2.24) is 10.2 Å². The molecule has 0 bridgehead atoms. The van der Waals surface area contributed by atoms with Crippen LogP contribution in [0.1, 0.15) is 5.01 Å². The van der Waals surface area contributed by atoms with Gasteiger partial charge in [-0.3, -0.25) is 9.69 Å². The van der Waals surface area contributed by atoms with E-state index in [1.165, 1.54) is 11.3 Å². The normalized spacial score (nSPS) is 16.1. The van der Waals surface area contributed by atoms with Gasteiger partial charge >= 0.3 is 0 Å². The first-order valence-electron chi connectivity index (χ1n) is 3.55. The van der Waals surface area contributed by atoms with E-state index in [0.717, 1.165) is 5.01 Å². The van der Waals surface area contributed by atoms with E-state index in [2.05, 4.69) is 10.2 Å². The van der Waals surface area contributed by atoms with Crippen molar-refractivity contribution in [1.29, 1.82) is 0 Å². The summed E-state index contributed by atoms with van der Waals surface area (Å²) in [5.41, 5.74) is 0. The van der Waals surface area contributed by atoms with Crippen molar-refractivity contribution < 1.29 is 4.79 Å². The molecule has 4 nitrogen and oxygen atoms in total. The van der Waals surface area contributed by atoms with E-state index in [0.29, 0.717) is 11.7 Å².